The third kappa shape index (κ3) is 3.00. The maximum absolute atomic E-state index is 11.5. The molecule has 0 spiro atoms. The molecule has 0 amide bonds. The fourth-order valence-electron chi connectivity index (χ4n) is 2.51. The highest BCUT2D eigenvalue weighted by atomic mass is 35.5. The second-order valence-corrected chi connectivity index (χ2v) is 5.70. The number of rotatable bonds is 5. The van der Waals surface area contributed by atoms with E-state index < -0.39 is 5.97 Å². The van der Waals surface area contributed by atoms with Gasteiger partial charge in [-0.25, -0.2) is 4.79 Å². The van der Waals surface area contributed by atoms with Crippen molar-refractivity contribution >= 4 is 40.1 Å². The zero-order valence-electron chi connectivity index (χ0n) is 12.0. The summed E-state index contributed by atoms with van der Waals surface area (Å²) in [4.78, 5) is 11.5. The first kappa shape index (κ1) is 15.7. The van der Waals surface area contributed by atoms with Crippen LogP contribution < -0.4 is 4.74 Å². The van der Waals surface area contributed by atoms with Gasteiger partial charge in [-0.3, -0.25) is 0 Å². The lowest BCUT2D eigenvalue weighted by Gasteiger charge is -2.11. The molecule has 1 N–H and O–H groups in total. The second kappa shape index (κ2) is 6.52. The molecule has 0 fully saturated rings. The van der Waals surface area contributed by atoms with Crippen LogP contribution in [0.5, 0.6) is 5.75 Å². The molecule has 0 saturated heterocycles. The Labute approximate surface area is 142 Å². The van der Waals surface area contributed by atoms with Gasteiger partial charge >= 0.3 is 5.97 Å². The van der Waals surface area contributed by atoms with Gasteiger partial charge < -0.3 is 14.4 Å². The summed E-state index contributed by atoms with van der Waals surface area (Å²) in [5.41, 5.74) is 0.827. The maximum Gasteiger partial charge on any atom is 0.354 e. The number of hydrogen-bond acceptors (Lipinski definition) is 2. The molecule has 1 aromatic heterocycles. The molecule has 1 heterocycles. The topological polar surface area (TPSA) is 51.5 Å². The van der Waals surface area contributed by atoms with Crippen LogP contribution in [0.1, 0.15) is 10.5 Å². The zero-order chi connectivity index (χ0) is 16.4. The van der Waals surface area contributed by atoms with E-state index in [-0.39, 0.29) is 17.3 Å². The van der Waals surface area contributed by atoms with E-state index in [2.05, 4.69) is 0 Å². The summed E-state index contributed by atoms with van der Waals surface area (Å²) in [6.45, 7) is 0.624. The molecule has 4 nitrogen and oxygen atoms in total. The molecule has 0 saturated carbocycles. The van der Waals surface area contributed by atoms with Crippen LogP contribution in [0.2, 0.25) is 10.0 Å². The van der Waals surface area contributed by atoms with E-state index in [1.165, 1.54) is 0 Å². The lowest BCUT2D eigenvalue weighted by Crippen LogP contribution is -2.14. The molecule has 0 radical (unpaired) electrons. The molecule has 3 aromatic rings. The van der Waals surface area contributed by atoms with Crippen molar-refractivity contribution in [2.75, 3.05) is 6.61 Å². The Hall–Kier alpha value is -2.17. The molecule has 0 aliphatic rings. The van der Waals surface area contributed by atoms with Gasteiger partial charge in [-0.15, -0.1) is 0 Å². The quantitative estimate of drug-likeness (QED) is 0.724. The highest BCUT2D eigenvalue weighted by molar-refractivity contribution is 6.38. The molecule has 3 rings (SSSR count). The van der Waals surface area contributed by atoms with E-state index >= 15 is 0 Å². The first-order valence-electron chi connectivity index (χ1n) is 6.97. The summed E-state index contributed by atoms with van der Waals surface area (Å²) >= 11 is 12.3. The summed E-state index contributed by atoms with van der Waals surface area (Å²) in [6.07, 6.45) is 0. The fraction of sp³-hybridized carbons (Fsp3) is 0.118. The van der Waals surface area contributed by atoms with Crippen molar-refractivity contribution in [3.8, 4) is 5.75 Å². The van der Waals surface area contributed by atoms with E-state index in [0.29, 0.717) is 22.7 Å². The largest absolute Gasteiger partial charge is 0.490 e. The van der Waals surface area contributed by atoms with Gasteiger partial charge in [-0.05, 0) is 18.2 Å². The Morgan fingerprint density at radius 1 is 1.09 bits per heavy atom. The van der Waals surface area contributed by atoms with Crippen molar-refractivity contribution in [1.82, 2.24) is 4.57 Å². The van der Waals surface area contributed by atoms with Crippen LogP contribution in [0.15, 0.2) is 48.5 Å². The smallest absolute Gasteiger partial charge is 0.354 e. The Bertz CT molecular complexity index is 873. The molecule has 23 heavy (non-hydrogen) atoms. The van der Waals surface area contributed by atoms with Crippen molar-refractivity contribution in [3.63, 3.8) is 0 Å². The normalized spacial score (nSPS) is 10.9. The Morgan fingerprint density at radius 3 is 2.52 bits per heavy atom. The summed E-state index contributed by atoms with van der Waals surface area (Å²) in [5, 5.41) is 10.9. The minimum absolute atomic E-state index is 0.0654. The van der Waals surface area contributed by atoms with Gasteiger partial charge in [-0.2, -0.15) is 0 Å². The van der Waals surface area contributed by atoms with E-state index in [4.69, 9.17) is 27.9 Å². The zero-order valence-corrected chi connectivity index (χ0v) is 13.5. The van der Waals surface area contributed by atoms with Gasteiger partial charge in [-0.1, -0.05) is 53.5 Å². The first-order valence-corrected chi connectivity index (χ1v) is 7.72. The Kier molecular flexibility index (Phi) is 4.46. The number of benzene rings is 2. The van der Waals surface area contributed by atoms with Crippen LogP contribution >= 0.6 is 23.2 Å². The van der Waals surface area contributed by atoms with Gasteiger partial charge in [0, 0.05) is 5.39 Å². The number of para-hydroxylation sites is 2. The molecule has 2 aromatic carbocycles. The fourth-order valence-corrected chi connectivity index (χ4v) is 3.04. The third-order valence-electron chi connectivity index (χ3n) is 3.52. The number of hydrogen-bond donors (Lipinski definition) is 1. The summed E-state index contributed by atoms with van der Waals surface area (Å²) in [6, 6.07) is 14.4. The summed E-state index contributed by atoms with van der Waals surface area (Å²) < 4.78 is 7.29. The van der Waals surface area contributed by atoms with Gasteiger partial charge in [0.15, 0.2) is 0 Å². The molecule has 0 unspecified atom stereocenters. The molecule has 0 aliphatic carbocycles. The van der Waals surface area contributed by atoms with E-state index in [1.54, 1.807) is 22.8 Å². The van der Waals surface area contributed by atoms with Crippen molar-refractivity contribution in [2.45, 2.75) is 6.54 Å². The van der Waals surface area contributed by atoms with Crippen molar-refractivity contribution in [2.24, 2.45) is 0 Å². The standard InChI is InChI=1S/C17H13Cl2NO3/c18-12-6-2-4-8-14(12)23-10-9-20-13-7-3-1-5-11(13)15(19)16(20)17(21)22/h1-8H,9-10H2,(H,21,22). The minimum Gasteiger partial charge on any atom is -0.490 e. The minimum atomic E-state index is -1.07. The summed E-state index contributed by atoms with van der Waals surface area (Å²) in [7, 11) is 0. The van der Waals surface area contributed by atoms with Gasteiger partial charge in [0.05, 0.1) is 22.1 Å². The van der Waals surface area contributed by atoms with Gasteiger partial charge in [0.1, 0.15) is 18.1 Å². The molecule has 0 aliphatic heterocycles. The van der Waals surface area contributed by atoms with Crippen molar-refractivity contribution in [3.05, 3.63) is 64.3 Å². The lowest BCUT2D eigenvalue weighted by molar-refractivity contribution is 0.0685. The number of fused-ring (bicyclic) bond motifs is 1. The third-order valence-corrected chi connectivity index (χ3v) is 4.22. The number of carboxylic acids is 1. The molecule has 0 bridgehead atoms. The molecule has 118 valence electrons. The second-order valence-electron chi connectivity index (χ2n) is 4.92. The van der Waals surface area contributed by atoms with E-state index in [1.807, 2.05) is 30.3 Å². The maximum atomic E-state index is 11.5. The molecule has 0 atom stereocenters. The highest BCUT2D eigenvalue weighted by Crippen LogP contribution is 2.31. The lowest BCUT2D eigenvalue weighted by atomic mass is 10.2. The van der Waals surface area contributed by atoms with Gasteiger partial charge in [0.25, 0.3) is 0 Å². The van der Waals surface area contributed by atoms with Crippen LogP contribution in [-0.2, 0) is 6.54 Å². The molecular formula is C17H13Cl2NO3. The Morgan fingerprint density at radius 2 is 1.78 bits per heavy atom. The van der Waals surface area contributed by atoms with Crippen LogP contribution in [-0.4, -0.2) is 22.2 Å². The highest BCUT2D eigenvalue weighted by Gasteiger charge is 2.20. The number of carboxylic acid groups (broad SMARTS) is 1. The van der Waals surface area contributed by atoms with Crippen molar-refractivity contribution in [1.29, 1.82) is 0 Å². The van der Waals surface area contributed by atoms with Crippen molar-refractivity contribution < 1.29 is 14.6 Å². The van der Waals surface area contributed by atoms with Crippen LogP contribution in [0.3, 0.4) is 0 Å². The number of aromatic carboxylic acids is 1. The predicted octanol–water partition coefficient (Wildman–Crippen LogP) is 4.73. The van der Waals surface area contributed by atoms with E-state index in [9.17, 15) is 9.90 Å². The molecule has 6 heteroatoms. The SMILES string of the molecule is O=C(O)c1c(Cl)c2ccccc2n1CCOc1ccccc1Cl. The van der Waals surface area contributed by atoms with E-state index in [0.717, 1.165) is 5.52 Å². The number of carbonyl (C=O) groups is 1. The Balaban J connectivity index is 1.89. The summed E-state index contributed by atoms with van der Waals surface area (Å²) in [5.74, 6) is -0.502. The number of ether oxygens (including phenoxy) is 1. The van der Waals surface area contributed by atoms with Crippen LogP contribution in [0.4, 0.5) is 0 Å². The predicted molar refractivity (Wildman–Crippen MR) is 90.9 cm³/mol. The van der Waals surface area contributed by atoms with Crippen LogP contribution in [0, 0.1) is 0 Å². The number of aromatic nitrogens is 1. The monoisotopic (exact) mass is 349 g/mol. The first-order chi connectivity index (χ1) is 11.1. The molecular weight excluding hydrogens is 337 g/mol. The average Bonchev–Trinajstić information content (AvgIpc) is 2.82. The van der Waals surface area contributed by atoms with Crippen LogP contribution in [0.25, 0.3) is 10.9 Å². The number of nitrogens with zero attached hydrogens (tertiary/aromatic N) is 1. The average molecular weight is 350 g/mol. The van der Waals surface area contributed by atoms with Gasteiger partial charge in [0.2, 0.25) is 0 Å². The number of halogens is 2.